The van der Waals surface area contributed by atoms with Crippen molar-refractivity contribution in [2.24, 2.45) is 0 Å². The Morgan fingerprint density at radius 2 is 1.96 bits per heavy atom. The smallest absolute Gasteiger partial charge is 0.295 e. The number of likely N-dealkylation sites (tertiary alicyclic amines) is 1. The van der Waals surface area contributed by atoms with Crippen LogP contribution in [0.3, 0.4) is 0 Å². The molecule has 1 amide bonds. The molecule has 2 heterocycles. The van der Waals surface area contributed by atoms with Crippen molar-refractivity contribution in [3.63, 3.8) is 0 Å². The van der Waals surface area contributed by atoms with Gasteiger partial charge in [-0.15, -0.1) is 0 Å². The van der Waals surface area contributed by atoms with Crippen molar-refractivity contribution in [1.82, 2.24) is 9.88 Å². The first-order chi connectivity index (χ1) is 13.0. The van der Waals surface area contributed by atoms with E-state index < -0.39 is 17.7 Å². The summed E-state index contributed by atoms with van der Waals surface area (Å²) in [6, 6.07) is 9.97. The molecule has 1 fully saturated rings. The highest BCUT2D eigenvalue weighted by Crippen LogP contribution is 2.38. The van der Waals surface area contributed by atoms with Gasteiger partial charge in [0, 0.05) is 25.4 Å². The molecule has 3 rings (SSSR count). The summed E-state index contributed by atoms with van der Waals surface area (Å²) < 4.78 is 5.08. The SMILES string of the molecule is COCCN1C(=O)C(=O)/C(=C(\O)c2ccc(C)c(C)c2)C1c1ccccn1. The number of rotatable bonds is 5. The Balaban J connectivity index is 2.16. The van der Waals surface area contributed by atoms with E-state index in [1.807, 2.05) is 26.0 Å². The molecule has 6 nitrogen and oxygen atoms in total. The second-order valence-electron chi connectivity index (χ2n) is 6.54. The molecular weight excluding hydrogens is 344 g/mol. The van der Waals surface area contributed by atoms with Crippen LogP contribution >= 0.6 is 0 Å². The molecule has 0 bridgehead atoms. The van der Waals surface area contributed by atoms with Gasteiger partial charge in [-0.3, -0.25) is 14.6 Å². The van der Waals surface area contributed by atoms with Crippen LogP contribution in [0, 0.1) is 13.8 Å². The number of hydrogen-bond acceptors (Lipinski definition) is 5. The number of Topliss-reactive ketones (excluding diaryl/α,β-unsaturated/α-hetero) is 1. The van der Waals surface area contributed by atoms with Gasteiger partial charge in [-0.1, -0.05) is 18.2 Å². The lowest BCUT2D eigenvalue weighted by Crippen LogP contribution is -2.33. The lowest BCUT2D eigenvalue weighted by Gasteiger charge is -2.24. The fraction of sp³-hybridized carbons (Fsp3) is 0.286. The highest BCUT2D eigenvalue weighted by Gasteiger charge is 2.46. The number of aromatic nitrogens is 1. The Morgan fingerprint density at radius 3 is 2.59 bits per heavy atom. The molecule has 0 aliphatic carbocycles. The van der Waals surface area contributed by atoms with E-state index in [1.54, 1.807) is 30.5 Å². The summed E-state index contributed by atoms with van der Waals surface area (Å²) in [5.41, 5.74) is 3.15. The van der Waals surface area contributed by atoms with E-state index in [-0.39, 0.29) is 24.5 Å². The van der Waals surface area contributed by atoms with Gasteiger partial charge >= 0.3 is 0 Å². The fourth-order valence-corrected chi connectivity index (χ4v) is 3.19. The van der Waals surface area contributed by atoms with E-state index in [0.29, 0.717) is 11.3 Å². The molecule has 1 aliphatic heterocycles. The van der Waals surface area contributed by atoms with Gasteiger partial charge in [-0.25, -0.2) is 0 Å². The van der Waals surface area contributed by atoms with Gasteiger partial charge in [-0.2, -0.15) is 0 Å². The van der Waals surface area contributed by atoms with Crippen LogP contribution in [0.1, 0.15) is 28.4 Å². The summed E-state index contributed by atoms with van der Waals surface area (Å²) in [5.74, 6) is -1.56. The minimum Gasteiger partial charge on any atom is -0.507 e. The largest absolute Gasteiger partial charge is 0.507 e. The molecular formula is C21H22N2O4. The maximum Gasteiger partial charge on any atom is 0.295 e. The number of nitrogens with zero attached hydrogens (tertiary/aromatic N) is 2. The first kappa shape index (κ1) is 18.8. The second kappa shape index (κ2) is 7.72. The van der Waals surface area contributed by atoms with Crippen molar-refractivity contribution in [1.29, 1.82) is 0 Å². The van der Waals surface area contributed by atoms with Crippen LogP contribution in [-0.4, -0.2) is 46.9 Å². The maximum absolute atomic E-state index is 12.8. The minimum absolute atomic E-state index is 0.0538. The van der Waals surface area contributed by atoms with E-state index in [9.17, 15) is 14.7 Å². The molecule has 0 radical (unpaired) electrons. The van der Waals surface area contributed by atoms with Crippen molar-refractivity contribution in [2.75, 3.05) is 20.3 Å². The van der Waals surface area contributed by atoms with Crippen LogP contribution in [0.4, 0.5) is 0 Å². The molecule has 1 aliphatic rings. The number of aryl methyl sites for hydroxylation is 2. The molecule has 1 unspecified atom stereocenters. The molecule has 6 heteroatoms. The summed E-state index contributed by atoms with van der Waals surface area (Å²) in [7, 11) is 1.53. The molecule has 27 heavy (non-hydrogen) atoms. The van der Waals surface area contributed by atoms with E-state index in [1.165, 1.54) is 12.0 Å². The fourth-order valence-electron chi connectivity index (χ4n) is 3.19. The number of pyridine rings is 1. The highest BCUT2D eigenvalue weighted by atomic mass is 16.5. The van der Waals surface area contributed by atoms with Crippen molar-refractivity contribution < 1.29 is 19.4 Å². The molecule has 140 valence electrons. The molecule has 1 atom stereocenters. The van der Waals surface area contributed by atoms with Crippen LogP contribution in [0.15, 0.2) is 48.2 Å². The van der Waals surface area contributed by atoms with Crippen LogP contribution in [0.5, 0.6) is 0 Å². The first-order valence-corrected chi connectivity index (χ1v) is 8.71. The average Bonchev–Trinajstić information content (AvgIpc) is 2.93. The lowest BCUT2D eigenvalue weighted by atomic mass is 9.96. The number of methoxy groups -OCH3 is 1. The van der Waals surface area contributed by atoms with Crippen molar-refractivity contribution in [3.8, 4) is 0 Å². The van der Waals surface area contributed by atoms with Crippen LogP contribution in [0.25, 0.3) is 5.76 Å². The predicted octanol–water partition coefficient (Wildman–Crippen LogP) is 2.77. The molecule has 1 aromatic carbocycles. The van der Waals surface area contributed by atoms with Gasteiger partial charge in [-0.05, 0) is 43.2 Å². The molecule has 0 saturated carbocycles. The zero-order valence-electron chi connectivity index (χ0n) is 15.6. The summed E-state index contributed by atoms with van der Waals surface area (Å²) in [6.07, 6.45) is 1.60. The molecule has 1 saturated heterocycles. The first-order valence-electron chi connectivity index (χ1n) is 8.71. The quantitative estimate of drug-likeness (QED) is 0.500. The molecule has 1 aromatic heterocycles. The van der Waals surface area contributed by atoms with E-state index in [0.717, 1.165) is 11.1 Å². The molecule has 0 spiro atoms. The summed E-state index contributed by atoms with van der Waals surface area (Å²) in [4.78, 5) is 31.1. The van der Waals surface area contributed by atoms with Crippen LogP contribution in [0.2, 0.25) is 0 Å². The number of aliphatic hydroxyl groups excluding tert-OH is 1. The van der Waals surface area contributed by atoms with Crippen molar-refractivity contribution >= 4 is 17.4 Å². The van der Waals surface area contributed by atoms with E-state index in [2.05, 4.69) is 4.98 Å². The third-order valence-electron chi connectivity index (χ3n) is 4.82. The van der Waals surface area contributed by atoms with Gasteiger partial charge in [0.25, 0.3) is 11.7 Å². The molecule has 2 aromatic rings. The topological polar surface area (TPSA) is 79.7 Å². The van der Waals surface area contributed by atoms with Crippen LogP contribution < -0.4 is 0 Å². The van der Waals surface area contributed by atoms with Crippen molar-refractivity contribution in [2.45, 2.75) is 19.9 Å². The summed E-state index contributed by atoms with van der Waals surface area (Å²) in [5, 5.41) is 10.9. The Kier molecular flexibility index (Phi) is 5.37. The minimum atomic E-state index is -0.747. The Hall–Kier alpha value is -2.99. The third-order valence-corrected chi connectivity index (χ3v) is 4.82. The van der Waals surface area contributed by atoms with Gasteiger partial charge in [0.1, 0.15) is 11.8 Å². The standard InChI is InChI=1S/C21H22N2O4/c1-13-7-8-15(12-14(13)2)19(24)17-18(16-6-4-5-9-22-16)23(10-11-27-3)21(26)20(17)25/h4-9,12,18,24H,10-11H2,1-3H3/b19-17-. The van der Waals surface area contributed by atoms with E-state index in [4.69, 9.17) is 4.74 Å². The van der Waals surface area contributed by atoms with Crippen molar-refractivity contribution in [3.05, 3.63) is 70.6 Å². The third kappa shape index (κ3) is 3.48. The number of benzene rings is 1. The normalized spacial score (nSPS) is 18.9. The number of carbonyl (C=O) groups excluding carboxylic acids is 2. The van der Waals surface area contributed by atoms with Gasteiger partial charge in [0.05, 0.1) is 17.9 Å². The Morgan fingerprint density at radius 1 is 1.19 bits per heavy atom. The number of aliphatic hydroxyl groups is 1. The number of ketones is 1. The number of amides is 1. The summed E-state index contributed by atoms with van der Waals surface area (Å²) >= 11 is 0. The zero-order valence-corrected chi connectivity index (χ0v) is 15.6. The number of hydrogen-bond donors (Lipinski definition) is 1. The monoisotopic (exact) mass is 366 g/mol. The molecule has 1 N–H and O–H groups in total. The van der Waals surface area contributed by atoms with Gasteiger partial charge in [0.2, 0.25) is 0 Å². The maximum atomic E-state index is 12.8. The highest BCUT2D eigenvalue weighted by molar-refractivity contribution is 6.46. The average molecular weight is 366 g/mol. The predicted molar refractivity (Wildman–Crippen MR) is 101 cm³/mol. The van der Waals surface area contributed by atoms with E-state index >= 15 is 0 Å². The van der Waals surface area contributed by atoms with Gasteiger partial charge < -0.3 is 14.7 Å². The van der Waals surface area contributed by atoms with Gasteiger partial charge in [0.15, 0.2) is 0 Å². The van der Waals surface area contributed by atoms with Crippen LogP contribution in [-0.2, 0) is 14.3 Å². The lowest BCUT2D eigenvalue weighted by molar-refractivity contribution is -0.140. The Bertz CT molecular complexity index is 906. The zero-order chi connectivity index (χ0) is 19.6. The second-order valence-corrected chi connectivity index (χ2v) is 6.54. The Labute approximate surface area is 158 Å². The number of ether oxygens (including phenoxy) is 1. The summed E-state index contributed by atoms with van der Waals surface area (Å²) in [6.45, 7) is 4.41. The number of carbonyl (C=O) groups is 2.